The Morgan fingerprint density at radius 3 is 1.31 bits per heavy atom. The number of hydrogen-bond donors (Lipinski definition) is 22. The first kappa shape index (κ1) is 91.6. The summed E-state index contributed by atoms with van der Waals surface area (Å²) in [4.78, 5) is 253. The van der Waals surface area contributed by atoms with Crippen molar-refractivity contribution in [3.05, 3.63) is 0 Å². The SMILES string of the molecule is CC(C)C[C@H](NC(=O)[C@H](CCCN=C(N)N)NC(=O)[C@H](CC(=O)O)NC(=O)[C@@H]1CCCN1C(=O)[C@@H]1CCCN1C(=O)[C@H](CCC(=O)O)NC(=O)[C@@H]1CCCN1C(=O)[C@@H]1CCCN1C(=O)CN)C(=O)N[C@@H](CO)C(=O)N[C@@H](CS)C(=O)N[C@@H](CC(=O)O)C(=O)NCC(=O)N[C@@H](CO)C(=O)N[C@@H](CCCN=C(N)N)C(=O)O. The van der Waals surface area contributed by atoms with Gasteiger partial charge in [-0.05, 0) is 95.8 Å². The van der Waals surface area contributed by atoms with Crippen molar-refractivity contribution >= 4 is 131 Å². The van der Waals surface area contributed by atoms with Crippen molar-refractivity contribution in [1.82, 2.24) is 72.8 Å². The van der Waals surface area contributed by atoms with Crippen LogP contribution in [-0.4, -0.2) is 319 Å². The maximum absolute atomic E-state index is 14.6. The van der Waals surface area contributed by atoms with Gasteiger partial charge in [-0.3, -0.25) is 91.5 Å². The largest absolute Gasteiger partial charge is 0.481 e. The Morgan fingerprint density at radius 1 is 0.445 bits per heavy atom. The lowest BCUT2D eigenvalue weighted by atomic mass is 10.0. The van der Waals surface area contributed by atoms with E-state index in [-0.39, 0.29) is 115 Å². The van der Waals surface area contributed by atoms with E-state index in [1.54, 1.807) is 13.8 Å². The molecule has 0 aromatic carbocycles. The van der Waals surface area contributed by atoms with Crippen molar-refractivity contribution in [2.24, 2.45) is 44.6 Å². The Hall–Kier alpha value is -10.8. The summed E-state index contributed by atoms with van der Waals surface area (Å²) in [5, 5.41) is 81.7. The molecule has 45 nitrogen and oxygen atoms in total. The normalized spacial score (nSPS) is 19.0. The van der Waals surface area contributed by atoms with Gasteiger partial charge in [0.25, 0.3) is 0 Å². The predicted octanol–water partition coefficient (Wildman–Crippen LogP) is -10.6. The van der Waals surface area contributed by atoms with E-state index in [2.05, 4.69) is 70.5 Å². The lowest BCUT2D eigenvalue weighted by Crippen LogP contribution is -2.61. The van der Waals surface area contributed by atoms with Gasteiger partial charge in [0.05, 0.1) is 39.1 Å². The molecule has 0 saturated carbocycles. The molecule has 4 heterocycles. The van der Waals surface area contributed by atoms with Gasteiger partial charge in [0, 0.05) is 51.4 Å². The minimum Gasteiger partial charge on any atom is -0.481 e. The van der Waals surface area contributed by atoms with E-state index in [9.17, 15) is 117 Å². The molecule has 46 heteroatoms. The second-order valence-electron chi connectivity index (χ2n) is 26.9. The number of likely N-dealkylation sites (tertiary alicyclic amines) is 4. The van der Waals surface area contributed by atoms with Gasteiger partial charge in [0.2, 0.25) is 82.7 Å². The van der Waals surface area contributed by atoms with Crippen molar-refractivity contribution in [2.75, 3.05) is 71.3 Å². The van der Waals surface area contributed by atoms with E-state index in [1.165, 1.54) is 14.7 Å². The summed E-state index contributed by atoms with van der Waals surface area (Å²) in [7, 11) is 0. The third kappa shape index (κ3) is 28.7. The number of nitrogens with one attached hydrogen (secondary N) is 10. The number of hydrogen-bond acceptors (Lipinski definition) is 24. The number of amides is 14. The molecule has 0 aliphatic carbocycles. The molecule has 0 bridgehead atoms. The van der Waals surface area contributed by atoms with Crippen molar-refractivity contribution in [3.8, 4) is 0 Å². The number of carboxylic acids is 4. The summed E-state index contributed by atoms with van der Waals surface area (Å²) in [6, 6.07) is -20.3. The van der Waals surface area contributed by atoms with Crippen LogP contribution in [0, 0.1) is 5.92 Å². The number of aliphatic hydroxyl groups is 2. The molecule has 26 N–H and O–H groups in total. The third-order valence-corrected chi connectivity index (χ3v) is 18.5. The number of nitrogens with zero attached hydrogens (tertiary/aromatic N) is 6. The third-order valence-electron chi connectivity index (χ3n) is 18.2. The highest BCUT2D eigenvalue weighted by Crippen LogP contribution is 2.29. The lowest BCUT2D eigenvalue weighted by Gasteiger charge is -2.34. The van der Waals surface area contributed by atoms with Gasteiger partial charge < -0.3 is 132 Å². The molecule has 0 spiro atoms. The van der Waals surface area contributed by atoms with Crippen LogP contribution >= 0.6 is 12.6 Å². The molecule has 4 aliphatic heterocycles. The minimum absolute atomic E-state index is 0.0102. The average Bonchev–Trinajstić information content (AvgIpc) is 1.64. The van der Waals surface area contributed by atoms with Crippen molar-refractivity contribution in [1.29, 1.82) is 0 Å². The van der Waals surface area contributed by atoms with E-state index in [4.69, 9.17) is 28.7 Å². The number of thiol groups is 1. The Bertz CT molecular complexity index is 3420. The van der Waals surface area contributed by atoms with Crippen molar-refractivity contribution in [3.63, 3.8) is 0 Å². The highest BCUT2D eigenvalue weighted by molar-refractivity contribution is 7.80. The molecule has 14 amide bonds. The summed E-state index contributed by atoms with van der Waals surface area (Å²) in [6.45, 7) is -0.106. The average molecular weight is 1580 g/mol. The molecule has 4 saturated heterocycles. The van der Waals surface area contributed by atoms with Crippen LogP contribution in [0.2, 0.25) is 0 Å². The van der Waals surface area contributed by atoms with Crippen LogP contribution in [0.25, 0.3) is 0 Å². The first-order valence-corrected chi connectivity index (χ1v) is 36.3. The number of carbonyl (C=O) groups is 18. The molecule has 4 aliphatic rings. The number of nitrogens with two attached hydrogens (primary N) is 5. The zero-order valence-electron chi connectivity index (χ0n) is 60.9. The summed E-state index contributed by atoms with van der Waals surface area (Å²) in [5.41, 5.74) is 27.1. The first-order chi connectivity index (χ1) is 52.0. The summed E-state index contributed by atoms with van der Waals surface area (Å²) < 4.78 is 0. The second kappa shape index (κ2) is 45.3. The van der Waals surface area contributed by atoms with Crippen LogP contribution in [-0.2, 0) is 86.3 Å². The van der Waals surface area contributed by atoms with E-state index >= 15 is 0 Å². The zero-order chi connectivity index (χ0) is 82.2. The van der Waals surface area contributed by atoms with Gasteiger partial charge >= 0.3 is 23.9 Å². The molecule has 614 valence electrons. The first-order valence-electron chi connectivity index (χ1n) is 35.7. The molecule has 110 heavy (non-hydrogen) atoms. The van der Waals surface area contributed by atoms with Crippen molar-refractivity contribution < 1.29 is 117 Å². The van der Waals surface area contributed by atoms with Gasteiger partial charge in [-0.15, -0.1) is 0 Å². The number of carboxylic acid groups (broad SMARTS) is 4. The van der Waals surface area contributed by atoms with E-state index in [0.717, 1.165) is 4.90 Å². The van der Waals surface area contributed by atoms with Crippen LogP contribution < -0.4 is 81.8 Å². The monoisotopic (exact) mass is 1580 g/mol. The fourth-order valence-electron chi connectivity index (χ4n) is 12.7. The molecule has 4 fully saturated rings. The smallest absolute Gasteiger partial charge is 0.326 e. The molecule has 0 radical (unpaired) electrons. The van der Waals surface area contributed by atoms with Gasteiger partial charge in [-0.1, -0.05) is 13.8 Å². The molecule has 0 aromatic rings. The van der Waals surface area contributed by atoms with Gasteiger partial charge in [0.1, 0.15) is 78.5 Å². The topological polar surface area (TPSA) is 717 Å². The summed E-state index contributed by atoms with van der Waals surface area (Å²) in [5.74, 6) is -21.6. The lowest BCUT2D eigenvalue weighted by molar-refractivity contribution is -0.149. The molecule has 0 aromatic heterocycles. The Morgan fingerprint density at radius 2 is 0.836 bits per heavy atom. The Labute approximate surface area is 636 Å². The molecular formula is C64H103N21O24S. The highest BCUT2D eigenvalue weighted by Gasteiger charge is 2.47. The number of guanidine groups is 2. The van der Waals surface area contributed by atoms with Crippen LogP contribution in [0.1, 0.15) is 123 Å². The van der Waals surface area contributed by atoms with E-state index in [1.807, 2.05) is 5.32 Å². The number of rotatable bonds is 45. The van der Waals surface area contributed by atoms with E-state index in [0.29, 0.717) is 25.8 Å². The van der Waals surface area contributed by atoms with Gasteiger partial charge in [0.15, 0.2) is 11.9 Å². The Balaban J connectivity index is 1.46. The van der Waals surface area contributed by atoms with Crippen molar-refractivity contribution in [2.45, 2.75) is 202 Å². The summed E-state index contributed by atoms with van der Waals surface area (Å²) in [6.07, 6.45) is -2.00. The van der Waals surface area contributed by atoms with Crippen LogP contribution in [0.15, 0.2) is 9.98 Å². The highest BCUT2D eigenvalue weighted by atomic mass is 32.1. The van der Waals surface area contributed by atoms with Crippen LogP contribution in [0.5, 0.6) is 0 Å². The van der Waals surface area contributed by atoms with Crippen LogP contribution in [0.4, 0.5) is 0 Å². The number of aliphatic hydroxyl groups excluding tert-OH is 2. The number of aliphatic carboxylic acids is 4. The number of aliphatic imine (C=N–C) groups is 2. The quantitative estimate of drug-likeness (QED) is 0.0116. The zero-order valence-corrected chi connectivity index (χ0v) is 61.8. The fraction of sp³-hybridized carbons (Fsp3) is 0.688. The summed E-state index contributed by atoms with van der Waals surface area (Å²) >= 11 is 4.06. The molecular weight excluding hydrogens is 1480 g/mol. The maximum Gasteiger partial charge on any atom is 0.326 e. The number of carbonyl (C=O) groups excluding carboxylic acids is 14. The molecule has 0 unspecified atom stereocenters. The van der Waals surface area contributed by atoms with Crippen LogP contribution in [0.3, 0.4) is 0 Å². The second-order valence-corrected chi connectivity index (χ2v) is 27.3. The predicted molar refractivity (Wildman–Crippen MR) is 385 cm³/mol. The minimum atomic E-state index is -1.98. The van der Waals surface area contributed by atoms with Gasteiger partial charge in [-0.25, -0.2) is 4.79 Å². The standard InChI is InChI=1S/C64H103N21O24S/c1-31(2)23-35(52(98)80-39(29-87)55(101)81-40(30-110)56(102)78-36(24-48(92)93)50(96)72-27-45(88)73-38(28-86)54(100)76-34(62(108)109)10-4-18-71-64(68)69)77-51(97)32(9-3-17-70-63(66)67)74-53(99)37(25-49(94)95)79-58(104)42-12-6-21-84(42)61(107)44-14-8-22-85(44)59(105)33(15-16-47(90)91)75-57(103)41-11-5-20-83(41)60(106)43-13-7-19-82(43)46(89)26-65/h31-44,86-87,110H,3-30,65H2,1-2H3,(H,72,96)(H,73,88)(H,74,99)(H,75,103)(H,76,100)(H,77,97)(H,78,102)(H,79,104)(H,80,98)(H,81,101)(H,90,91)(H,92,93)(H,94,95)(H,108,109)(H4,66,67,70)(H4,68,69,71)/t32-,33-,34-,35-,36-,37-,38-,39-,40-,41-,42-,43-,44-/m0/s1. The molecule has 4 rings (SSSR count). The fourth-order valence-corrected chi connectivity index (χ4v) is 13.0. The van der Waals surface area contributed by atoms with Gasteiger partial charge in [-0.2, -0.15) is 12.6 Å². The maximum atomic E-state index is 14.6. The molecule has 13 atom stereocenters. The van der Waals surface area contributed by atoms with E-state index < -0.39 is 242 Å². The Kier molecular flexibility index (Phi) is 37.7.